The zero-order valence-corrected chi connectivity index (χ0v) is 8.60. The van der Waals surface area contributed by atoms with Gasteiger partial charge in [0.25, 0.3) is 5.69 Å². The van der Waals surface area contributed by atoms with Gasteiger partial charge < -0.3 is 4.74 Å². The molecule has 15 heavy (non-hydrogen) atoms. The van der Waals surface area contributed by atoms with Gasteiger partial charge >= 0.3 is 0 Å². The van der Waals surface area contributed by atoms with Crippen molar-refractivity contribution >= 4 is 5.69 Å². The summed E-state index contributed by atoms with van der Waals surface area (Å²) >= 11 is 0. The molecule has 1 aliphatic rings. The molecule has 1 aromatic carbocycles. The summed E-state index contributed by atoms with van der Waals surface area (Å²) in [5.74, 6) is 0.675. The van der Waals surface area contributed by atoms with E-state index in [2.05, 4.69) is 0 Å². The van der Waals surface area contributed by atoms with Gasteiger partial charge in [-0.2, -0.15) is 0 Å². The predicted octanol–water partition coefficient (Wildman–Crippen LogP) is 2.70. The molecule has 0 N–H and O–H groups in total. The molecule has 0 amide bonds. The van der Waals surface area contributed by atoms with Crippen LogP contribution in [0.1, 0.15) is 25.3 Å². The first-order valence-electron chi connectivity index (χ1n) is 5.15. The Hall–Kier alpha value is -1.58. The zero-order valence-electron chi connectivity index (χ0n) is 8.60. The quantitative estimate of drug-likeness (QED) is 0.563. The maximum Gasteiger partial charge on any atom is 0.276 e. The Morgan fingerprint density at radius 1 is 1.53 bits per heavy atom. The Morgan fingerprint density at radius 3 is 2.80 bits per heavy atom. The van der Waals surface area contributed by atoms with Gasteiger partial charge in [0.2, 0.25) is 0 Å². The Labute approximate surface area is 88.0 Å². The Bertz CT molecular complexity index is 385. The van der Waals surface area contributed by atoms with E-state index in [1.807, 2.05) is 13.0 Å². The molecular formula is C11H13NO3. The van der Waals surface area contributed by atoms with Crippen LogP contribution in [0.4, 0.5) is 5.69 Å². The normalized spacial score (nSPS) is 15.0. The molecular weight excluding hydrogens is 194 g/mol. The highest BCUT2D eigenvalue weighted by atomic mass is 16.6. The molecule has 0 atom stereocenters. The van der Waals surface area contributed by atoms with Gasteiger partial charge in [-0.05, 0) is 25.3 Å². The van der Waals surface area contributed by atoms with Gasteiger partial charge in [0.1, 0.15) is 5.75 Å². The molecule has 0 aromatic heterocycles. The third-order valence-corrected chi connectivity index (χ3v) is 2.48. The highest BCUT2D eigenvalue weighted by molar-refractivity contribution is 5.49. The molecule has 1 saturated carbocycles. The molecule has 1 fully saturated rings. The molecule has 0 spiro atoms. The highest BCUT2D eigenvalue weighted by Gasteiger charge is 2.26. The summed E-state index contributed by atoms with van der Waals surface area (Å²) in [6, 6.07) is 5.01. The van der Waals surface area contributed by atoms with Crippen molar-refractivity contribution in [2.45, 2.75) is 32.3 Å². The zero-order chi connectivity index (χ0) is 10.8. The number of nitro benzene ring substituents is 1. The summed E-state index contributed by atoms with van der Waals surface area (Å²) in [7, 11) is 0. The lowest BCUT2D eigenvalue weighted by molar-refractivity contribution is -0.385. The van der Waals surface area contributed by atoms with Gasteiger partial charge in [0.05, 0.1) is 16.6 Å². The summed E-state index contributed by atoms with van der Waals surface area (Å²) in [6.07, 6.45) is 3.02. The molecule has 0 saturated heterocycles. The lowest BCUT2D eigenvalue weighted by atomic mass is 10.1. The van der Waals surface area contributed by atoms with Crippen LogP contribution in [0.25, 0.3) is 0 Å². The molecule has 1 aromatic rings. The van der Waals surface area contributed by atoms with Gasteiger partial charge in [-0.15, -0.1) is 0 Å². The van der Waals surface area contributed by atoms with Crippen LogP contribution >= 0.6 is 0 Å². The molecule has 1 aliphatic carbocycles. The minimum atomic E-state index is -0.349. The summed E-state index contributed by atoms with van der Waals surface area (Å²) < 4.78 is 5.63. The SMILES string of the molecule is CCc1c(OC2CC2)cccc1[N+](=O)[O-]. The van der Waals surface area contributed by atoms with E-state index < -0.39 is 0 Å². The molecule has 80 valence electrons. The second-order valence-corrected chi connectivity index (χ2v) is 3.68. The Balaban J connectivity index is 2.34. The van der Waals surface area contributed by atoms with Crippen LogP contribution in [-0.2, 0) is 6.42 Å². The maximum absolute atomic E-state index is 10.8. The van der Waals surface area contributed by atoms with Crippen LogP contribution in [0.2, 0.25) is 0 Å². The van der Waals surface area contributed by atoms with E-state index in [0.717, 1.165) is 12.8 Å². The van der Waals surface area contributed by atoms with Crippen molar-refractivity contribution < 1.29 is 9.66 Å². The van der Waals surface area contributed by atoms with E-state index in [1.165, 1.54) is 6.07 Å². The summed E-state index contributed by atoms with van der Waals surface area (Å²) in [4.78, 5) is 10.4. The topological polar surface area (TPSA) is 52.4 Å². The first kappa shape index (κ1) is 9.96. The number of benzene rings is 1. The molecule has 0 radical (unpaired) electrons. The summed E-state index contributed by atoms with van der Waals surface area (Å²) in [5, 5.41) is 10.8. The lowest BCUT2D eigenvalue weighted by Crippen LogP contribution is -2.02. The fourth-order valence-electron chi connectivity index (χ4n) is 1.56. The van der Waals surface area contributed by atoms with Crippen molar-refractivity contribution in [2.24, 2.45) is 0 Å². The predicted molar refractivity (Wildman–Crippen MR) is 56.1 cm³/mol. The molecule has 4 nitrogen and oxygen atoms in total. The fourth-order valence-corrected chi connectivity index (χ4v) is 1.56. The van der Waals surface area contributed by atoms with Crippen molar-refractivity contribution in [3.63, 3.8) is 0 Å². The fraction of sp³-hybridized carbons (Fsp3) is 0.455. The average molecular weight is 207 g/mol. The van der Waals surface area contributed by atoms with E-state index in [0.29, 0.717) is 17.7 Å². The highest BCUT2D eigenvalue weighted by Crippen LogP contribution is 2.33. The third kappa shape index (κ3) is 2.09. The Morgan fingerprint density at radius 2 is 2.27 bits per heavy atom. The first-order valence-corrected chi connectivity index (χ1v) is 5.15. The number of hydrogen-bond donors (Lipinski definition) is 0. The van der Waals surface area contributed by atoms with Crippen LogP contribution in [0.3, 0.4) is 0 Å². The lowest BCUT2D eigenvalue weighted by Gasteiger charge is -2.09. The van der Waals surface area contributed by atoms with Gasteiger partial charge in [-0.1, -0.05) is 13.0 Å². The van der Waals surface area contributed by atoms with Crippen LogP contribution in [-0.4, -0.2) is 11.0 Å². The van der Waals surface area contributed by atoms with Crippen LogP contribution in [0.5, 0.6) is 5.75 Å². The van der Waals surface area contributed by atoms with Crippen molar-refractivity contribution in [2.75, 3.05) is 0 Å². The van der Waals surface area contributed by atoms with Crippen molar-refractivity contribution in [1.29, 1.82) is 0 Å². The number of ether oxygens (including phenoxy) is 1. The minimum Gasteiger partial charge on any atom is -0.490 e. The van der Waals surface area contributed by atoms with Crippen molar-refractivity contribution in [3.05, 3.63) is 33.9 Å². The number of rotatable bonds is 4. The third-order valence-electron chi connectivity index (χ3n) is 2.48. The average Bonchev–Trinajstić information content (AvgIpc) is 3.01. The van der Waals surface area contributed by atoms with Gasteiger partial charge in [0, 0.05) is 6.07 Å². The maximum atomic E-state index is 10.8. The van der Waals surface area contributed by atoms with E-state index in [4.69, 9.17) is 4.74 Å². The molecule has 0 bridgehead atoms. The van der Waals surface area contributed by atoms with E-state index in [1.54, 1.807) is 6.07 Å². The number of hydrogen-bond acceptors (Lipinski definition) is 3. The number of nitro groups is 1. The Kier molecular flexibility index (Phi) is 2.58. The van der Waals surface area contributed by atoms with Gasteiger partial charge in [-0.3, -0.25) is 10.1 Å². The molecule has 2 rings (SSSR count). The summed E-state index contributed by atoms with van der Waals surface area (Å²) in [5.41, 5.74) is 0.866. The molecule has 0 heterocycles. The van der Waals surface area contributed by atoms with Crippen molar-refractivity contribution in [1.82, 2.24) is 0 Å². The van der Waals surface area contributed by atoms with Crippen LogP contribution in [0.15, 0.2) is 18.2 Å². The van der Waals surface area contributed by atoms with Gasteiger partial charge in [0.15, 0.2) is 0 Å². The molecule has 0 unspecified atom stereocenters. The molecule has 0 aliphatic heterocycles. The largest absolute Gasteiger partial charge is 0.490 e. The summed E-state index contributed by atoms with van der Waals surface area (Å²) in [6.45, 7) is 1.90. The van der Waals surface area contributed by atoms with E-state index in [-0.39, 0.29) is 16.7 Å². The van der Waals surface area contributed by atoms with Crippen LogP contribution < -0.4 is 4.74 Å². The van der Waals surface area contributed by atoms with E-state index in [9.17, 15) is 10.1 Å². The van der Waals surface area contributed by atoms with Crippen molar-refractivity contribution in [3.8, 4) is 5.75 Å². The second-order valence-electron chi connectivity index (χ2n) is 3.68. The van der Waals surface area contributed by atoms with Crippen LogP contribution in [0, 0.1) is 10.1 Å². The smallest absolute Gasteiger partial charge is 0.276 e. The van der Waals surface area contributed by atoms with E-state index >= 15 is 0 Å². The second kappa shape index (κ2) is 3.88. The van der Waals surface area contributed by atoms with Gasteiger partial charge in [-0.25, -0.2) is 0 Å². The minimum absolute atomic E-state index is 0.163. The standard InChI is InChI=1S/C11H13NO3/c1-2-9-10(12(13)14)4-3-5-11(9)15-8-6-7-8/h3-5,8H,2,6-7H2,1H3. The first-order chi connectivity index (χ1) is 7.22. The molecule has 4 heteroatoms. The monoisotopic (exact) mass is 207 g/mol. The number of nitrogens with zero attached hydrogens (tertiary/aromatic N) is 1.